The summed E-state index contributed by atoms with van der Waals surface area (Å²) in [6, 6.07) is 22.5. The Hall–Kier alpha value is -2.88. The maximum atomic E-state index is 14.0. The Morgan fingerprint density at radius 2 is 1.59 bits per heavy atom. The molecule has 0 aromatic heterocycles. The topological polar surface area (TPSA) is 86.8 Å². The molecule has 0 aliphatic heterocycles. The van der Waals surface area contributed by atoms with Crippen LogP contribution in [-0.4, -0.2) is 50.5 Å². The van der Waals surface area contributed by atoms with Crippen molar-refractivity contribution in [3.05, 3.63) is 99.5 Å². The van der Waals surface area contributed by atoms with Crippen molar-refractivity contribution in [1.82, 2.24) is 10.2 Å². The van der Waals surface area contributed by atoms with Crippen molar-refractivity contribution in [2.24, 2.45) is 5.92 Å². The van der Waals surface area contributed by atoms with Gasteiger partial charge in [-0.05, 0) is 41.3 Å². The summed E-state index contributed by atoms with van der Waals surface area (Å²) in [5.74, 6) is -0.623. The zero-order chi connectivity index (χ0) is 28.6. The van der Waals surface area contributed by atoms with E-state index in [0.717, 1.165) is 26.2 Å². The average Bonchev–Trinajstić information content (AvgIpc) is 2.88. The summed E-state index contributed by atoms with van der Waals surface area (Å²) >= 11 is 9.80. The van der Waals surface area contributed by atoms with Gasteiger partial charge in [-0.1, -0.05) is 96.0 Å². The summed E-state index contributed by atoms with van der Waals surface area (Å²) in [6.07, 6.45) is 1.29. The largest absolute Gasteiger partial charge is 0.354 e. The molecule has 0 aliphatic carbocycles. The lowest BCUT2D eigenvalue weighted by molar-refractivity contribution is -0.140. The molecule has 1 atom stereocenters. The van der Waals surface area contributed by atoms with Crippen molar-refractivity contribution in [2.45, 2.75) is 32.9 Å². The highest BCUT2D eigenvalue weighted by Crippen LogP contribution is 2.28. The van der Waals surface area contributed by atoms with Crippen LogP contribution in [0, 0.1) is 5.92 Å². The van der Waals surface area contributed by atoms with E-state index in [-0.39, 0.29) is 35.5 Å². The van der Waals surface area contributed by atoms with Crippen molar-refractivity contribution in [2.75, 3.05) is 23.7 Å². The first-order chi connectivity index (χ1) is 18.5. The van der Waals surface area contributed by atoms with Gasteiger partial charge in [-0.3, -0.25) is 13.9 Å². The van der Waals surface area contributed by atoms with Crippen LogP contribution in [0.1, 0.15) is 25.0 Å². The van der Waals surface area contributed by atoms with Gasteiger partial charge in [0.25, 0.3) is 0 Å². The number of amides is 2. The Morgan fingerprint density at radius 3 is 2.21 bits per heavy atom. The van der Waals surface area contributed by atoms with Crippen LogP contribution in [0.3, 0.4) is 0 Å². The number of hydrogen-bond donors (Lipinski definition) is 1. The number of nitrogens with zero attached hydrogens (tertiary/aromatic N) is 2. The molecule has 0 radical (unpaired) electrons. The third kappa shape index (κ3) is 9.08. The summed E-state index contributed by atoms with van der Waals surface area (Å²) in [6.45, 7) is 4.01. The van der Waals surface area contributed by atoms with Gasteiger partial charge in [0.2, 0.25) is 21.8 Å². The third-order valence-electron chi connectivity index (χ3n) is 6.00. The first kappa shape index (κ1) is 30.7. The molecule has 0 saturated carbocycles. The number of benzene rings is 3. The summed E-state index contributed by atoms with van der Waals surface area (Å²) < 4.78 is 27.5. The van der Waals surface area contributed by atoms with Crippen molar-refractivity contribution in [3.63, 3.8) is 0 Å². The molecule has 2 amide bonds. The van der Waals surface area contributed by atoms with Crippen LogP contribution in [-0.2, 0) is 32.6 Å². The van der Waals surface area contributed by atoms with Gasteiger partial charge in [0.1, 0.15) is 12.6 Å². The zero-order valence-corrected chi connectivity index (χ0v) is 25.3. The van der Waals surface area contributed by atoms with Crippen molar-refractivity contribution < 1.29 is 18.0 Å². The Morgan fingerprint density at radius 1 is 0.949 bits per heavy atom. The third-order valence-corrected chi connectivity index (χ3v) is 7.94. The van der Waals surface area contributed by atoms with Crippen LogP contribution in [0.5, 0.6) is 0 Å². The standard InChI is InChI=1S/C29H33BrClN3O4S/c1-21(2)18-32-29(36)27(17-22-10-5-4-6-11-22)33(19-23-12-9-13-24(30)16-23)28(35)20-34(39(3,37)38)26-15-8-7-14-25(26)31/h4-16,21,27H,17-20H2,1-3H3,(H,32,36). The minimum atomic E-state index is -3.88. The Labute approximate surface area is 244 Å². The fraction of sp³-hybridized carbons (Fsp3) is 0.310. The molecule has 7 nitrogen and oxygen atoms in total. The molecule has 0 saturated heterocycles. The number of carbonyl (C=O) groups excluding carboxylic acids is 2. The molecule has 0 bridgehead atoms. The van der Waals surface area contributed by atoms with Crippen molar-refractivity contribution >= 4 is 55.1 Å². The second-order valence-electron chi connectivity index (χ2n) is 9.72. The predicted octanol–water partition coefficient (Wildman–Crippen LogP) is 5.28. The second-order valence-corrected chi connectivity index (χ2v) is 12.9. The summed E-state index contributed by atoms with van der Waals surface area (Å²) in [5.41, 5.74) is 1.86. The normalized spacial score (nSPS) is 12.2. The summed E-state index contributed by atoms with van der Waals surface area (Å²) in [7, 11) is -3.88. The predicted molar refractivity (Wildman–Crippen MR) is 160 cm³/mol. The SMILES string of the molecule is CC(C)CNC(=O)C(Cc1ccccc1)N(Cc1cccc(Br)c1)C(=O)CN(c1ccccc1Cl)S(C)(=O)=O. The maximum Gasteiger partial charge on any atom is 0.244 e. The van der Waals surface area contributed by atoms with E-state index in [1.807, 2.05) is 68.4 Å². The van der Waals surface area contributed by atoms with Gasteiger partial charge in [-0.25, -0.2) is 8.42 Å². The molecule has 3 aromatic rings. The highest BCUT2D eigenvalue weighted by molar-refractivity contribution is 9.10. The number of rotatable bonds is 12. The highest BCUT2D eigenvalue weighted by Gasteiger charge is 2.33. The monoisotopic (exact) mass is 633 g/mol. The average molecular weight is 635 g/mol. The molecule has 0 heterocycles. The first-order valence-corrected chi connectivity index (χ1v) is 15.6. The summed E-state index contributed by atoms with van der Waals surface area (Å²) in [4.78, 5) is 29.1. The molecule has 208 valence electrons. The van der Waals surface area contributed by atoms with Gasteiger partial charge in [-0.15, -0.1) is 0 Å². The van der Waals surface area contributed by atoms with E-state index in [2.05, 4.69) is 21.2 Å². The van der Waals surface area contributed by atoms with Gasteiger partial charge >= 0.3 is 0 Å². The molecule has 0 aliphatic rings. The van der Waals surface area contributed by atoms with Crippen LogP contribution in [0.2, 0.25) is 5.02 Å². The first-order valence-electron chi connectivity index (χ1n) is 12.5. The van der Waals surface area contributed by atoms with Gasteiger partial charge in [-0.2, -0.15) is 0 Å². The number of para-hydroxylation sites is 1. The molecule has 1 N–H and O–H groups in total. The van der Waals surface area contributed by atoms with Crippen LogP contribution >= 0.6 is 27.5 Å². The number of nitrogens with one attached hydrogen (secondary N) is 1. The number of hydrogen-bond acceptors (Lipinski definition) is 4. The molecular weight excluding hydrogens is 602 g/mol. The smallest absolute Gasteiger partial charge is 0.244 e. The quantitative estimate of drug-likeness (QED) is 0.294. The van der Waals surface area contributed by atoms with E-state index in [4.69, 9.17) is 11.6 Å². The number of carbonyl (C=O) groups is 2. The molecule has 39 heavy (non-hydrogen) atoms. The van der Waals surface area contributed by atoms with Crippen LogP contribution in [0.4, 0.5) is 5.69 Å². The van der Waals surface area contributed by atoms with Crippen molar-refractivity contribution in [1.29, 1.82) is 0 Å². The Kier molecular flexibility index (Phi) is 11.0. The van der Waals surface area contributed by atoms with E-state index >= 15 is 0 Å². The van der Waals surface area contributed by atoms with E-state index in [1.54, 1.807) is 24.3 Å². The van der Waals surface area contributed by atoms with E-state index in [0.29, 0.717) is 6.54 Å². The van der Waals surface area contributed by atoms with Gasteiger partial charge in [0.05, 0.1) is 17.0 Å². The molecule has 0 spiro atoms. The Bertz CT molecular complexity index is 1390. The zero-order valence-electron chi connectivity index (χ0n) is 22.2. The Balaban J connectivity index is 2.05. The fourth-order valence-corrected chi connectivity index (χ4v) is 5.65. The van der Waals surface area contributed by atoms with Gasteiger partial charge in [0, 0.05) is 24.0 Å². The van der Waals surface area contributed by atoms with Crippen molar-refractivity contribution in [3.8, 4) is 0 Å². The number of anilines is 1. The van der Waals surface area contributed by atoms with E-state index in [9.17, 15) is 18.0 Å². The fourth-order valence-electron chi connectivity index (χ4n) is 4.06. The lowest BCUT2D eigenvalue weighted by Crippen LogP contribution is -2.53. The number of sulfonamides is 1. The van der Waals surface area contributed by atoms with Crippen LogP contribution < -0.4 is 9.62 Å². The lowest BCUT2D eigenvalue weighted by atomic mass is 10.0. The van der Waals surface area contributed by atoms with E-state index < -0.39 is 28.5 Å². The van der Waals surface area contributed by atoms with Gasteiger partial charge in [0.15, 0.2) is 0 Å². The molecule has 10 heteroatoms. The second kappa shape index (κ2) is 14.0. The molecule has 3 aromatic carbocycles. The maximum absolute atomic E-state index is 14.0. The molecule has 1 unspecified atom stereocenters. The molecule has 3 rings (SSSR count). The molecule has 0 fully saturated rings. The summed E-state index contributed by atoms with van der Waals surface area (Å²) in [5, 5.41) is 3.16. The lowest BCUT2D eigenvalue weighted by Gasteiger charge is -2.33. The highest BCUT2D eigenvalue weighted by atomic mass is 79.9. The van der Waals surface area contributed by atoms with E-state index in [1.165, 1.54) is 4.90 Å². The van der Waals surface area contributed by atoms with Crippen LogP contribution in [0.15, 0.2) is 83.3 Å². The van der Waals surface area contributed by atoms with Crippen LogP contribution in [0.25, 0.3) is 0 Å². The minimum absolute atomic E-state index is 0.102. The number of halogens is 2. The minimum Gasteiger partial charge on any atom is -0.354 e. The molecular formula is C29H33BrClN3O4S. The van der Waals surface area contributed by atoms with Gasteiger partial charge < -0.3 is 10.2 Å².